The lowest BCUT2D eigenvalue weighted by Crippen LogP contribution is -2.37. The molecule has 4 rings (SSSR count). The highest BCUT2D eigenvalue weighted by molar-refractivity contribution is 6.46. The van der Waals surface area contributed by atoms with Crippen molar-refractivity contribution in [3.63, 3.8) is 0 Å². The van der Waals surface area contributed by atoms with E-state index in [4.69, 9.17) is 9.15 Å². The number of ether oxygens (including phenoxy) is 1. The number of ketones is 1. The first kappa shape index (κ1) is 21.2. The van der Waals surface area contributed by atoms with Crippen molar-refractivity contribution in [3.05, 3.63) is 59.1 Å². The normalized spacial score (nSPS) is 22.3. The topological polar surface area (TPSA) is 83.2 Å². The van der Waals surface area contributed by atoms with Crippen molar-refractivity contribution in [1.82, 2.24) is 9.80 Å². The van der Waals surface area contributed by atoms with Crippen molar-refractivity contribution in [2.24, 2.45) is 0 Å². The Labute approximate surface area is 181 Å². The number of benzene rings is 1. The number of Topliss-reactive ketones (excluding diaryl/α,β-unsaturated/α-hetero) is 1. The summed E-state index contributed by atoms with van der Waals surface area (Å²) in [4.78, 5) is 29.6. The number of carbonyl (C=O) groups excluding carboxylic acids is 2. The van der Waals surface area contributed by atoms with Gasteiger partial charge in [-0.15, -0.1) is 0 Å². The molecule has 1 aromatic heterocycles. The number of hydrogen-bond acceptors (Lipinski definition) is 6. The Morgan fingerprint density at radius 3 is 2.68 bits per heavy atom. The van der Waals surface area contributed by atoms with E-state index >= 15 is 0 Å². The van der Waals surface area contributed by atoms with Gasteiger partial charge in [0, 0.05) is 25.1 Å². The number of aliphatic hydroxyl groups is 1. The van der Waals surface area contributed by atoms with Crippen LogP contribution < -0.4 is 4.74 Å². The number of furan rings is 1. The predicted octanol–water partition coefficient (Wildman–Crippen LogP) is 3.37. The molecule has 31 heavy (non-hydrogen) atoms. The monoisotopic (exact) mass is 424 g/mol. The molecule has 2 aromatic rings. The van der Waals surface area contributed by atoms with Crippen LogP contribution in [0.4, 0.5) is 0 Å². The number of nitrogens with zero attached hydrogens (tertiary/aromatic N) is 2. The van der Waals surface area contributed by atoms with Crippen molar-refractivity contribution < 1.29 is 23.8 Å². The summed E-state index contributed by atoms with van der Waals surface area (Å²) in [5, 5.41) is 11.1. The second kappa shape index (κ2) is 8.59. The summed E-state index contributed by atoms with van der Waals surface area (Å²) >= 11 is 0. The maximum absolute atomic E-state index is 13.0. The van der Waals surface area contributed by atoms with Gasteiger partial charge in [0.15, 0.2) is 0 Å². The Kier molecular flexibility index (Phi) is 5.87. The van der Waals surface area contributed by atoms with Gasteiger partial charge in [0.05, 0.1) is 11.8 Å². The Hall–Kier alpha value is -3.06. The van der Waals surface area contributed by atoms with Crippen molar-refractivity contribution in [2.75, 3.05) is 26.2 Å². The summed E-state index contributed by atoms with van der Waals surface area (Å²) in [7, 11) is 0. The van der Waals surface area contributed by atoms with E-state index in [1.165, 1.54) is 11.2 Å². The Bertz CT molecular complexity index is 1010. The lowest BCUT2D eigenvalue weighted by Gasteiger charge is -2.26. The highest BCUT2D eigenvalue weighted by Crippen LogP contribution is 2.40. The zero-order chi connectivity index (χ0) is 22.1. The molecule has 2 unspecified atom stereocenters. The number of likely N-dealkylation sites (N-methyl/N-ethyl adjacent to an activating group) is 1. The van der Waals surface area contributed by atoms with E-state index in [-0.39, 0.29) is 17.4 Å². The van der Waals surface area contributed by atoms with Crippen molar-refractivity contribution in [2.45, 2.75) is 39.3 Å². The van der Waals surface area contributed by atoms with Gasteiger partial charge in [-0.1, -0.05) is 13.8 Å². The van der Waals surface area contributed by atoms with Crippen molar-refractivity contribution in [3.8, 4) is 5.75 Å². The van der Waals surface area contributed by atoms with E-state index in [1.807, 2.05) is 13.0 Å². The van der Waals surface area contributed by atoms with Crippen LogP contribution in [0.5, 0.6) is 5.75 Å². The summed E-state index contributed by atoms with van der Waals surface area (Å²) < 4.78 is 11.3. The molecule has 0 saturated carbocycles. The summed E-state index contributed by atoms with van der Waals surface area (Å²) in [6.07, 6.45) is 2.31. The quantitative estimate of drug-likeness (QED) is 0.417. The third kappa shape index (κ3) is 3.85. The van der Waals surface area contributed by atoms with Gasteiger partial charge in [-0.05, 0) is 55.9 Å². The minimum absolute atomic E-state index is 0.0615. The zero-order valence-electron chi connectivity index (χ0n) is 18.1. The highest BCUT2D eigenvalue weighted by atomic mass is 16.5. The van der Waals surface area contributed by atoms with Crippen LogP contribution in [0.1, 0.15) is 43.7 Å². The van der Waals surface area contributed by atoms with Crippen molar-refractivity contribution >= 4 is 17.4 Å². The number of aliphatic hydroxyl groups excluding tert-OH is 1. The van der Waals surface area contributed by atoms with Crippen LogP contribution in [-0.4, -0.2) is 58.9 Å². The fourth-order valence-electron chi connectivity index (χ4n) is 4.37. The molecule has 1 amide bonds. The molecule has 164 valence electrons. The van der Waals surface area contributed by atoms with Gasteiger partial charge in [-0.2, -0.15) is 0 Å². The first-order valence-corrected chi connectivity index (χ1v) is 10.8. The van der Waals surface area contributed by atoms with Gasteiger partial charge in [0.25, 0.3) is 11.7 Å². The molecule has 0 bridgehead atoms. The van der Waals surface area contributed by atoms with Crippen LogP contribution in [-0.2, 0) is 16.0 Å². The first-order valence-electron chi connectivity index (χ1n) is 10.8. The molecular weight excluding hydrogens is 396 g/mol. The predicted molar refractivity (Wildman–Crippen MR) is 116 cm³/mol. The van der Waals surface area contributed by atoms with Crippen molar-refractivity contribution in [1.29, 1.82) is 0 Å². The fraction of sp³-hybridized carbons (Fsp3) is 0.417. The van der Waals surface area contributed by atoms with Gasteiger partial charge in [-0.3, -0.25) is 9.59 Å². The lowest BCUT2D eigenvalue weighted by molar-refractivity contribution is -0.140. The molecular formula is C24H28N2O5. The van der Waals surface area contributed by atoms with E-state index in [0.717, 1.165) is 30.8 Å². The Morgan fingerprint density at radius 2 is 2.00 bits per heavy atom. The van der Waals surface area contributed by atoms with Gasteiger partial charge in [0.2, 0.25) is 0 Å². The van der Waals surface area contributed by atoms with E-state index in [1.54, 1.807) is 24.3 Å². The molecule has 0 spiro atoms. The van der Waals surface area contributed by atoms with Crippen LogP contribution in [0.25, 0.3) is 5.76 Å². The summed E-state index contributed by atoms with van der Waals surface area (Å²) in [5.74, 6) is -0.256. The molecule has 1 N–H and O–H groups in total. The van der Waals surface area contributed by atoms with Gasteiger partial charge < -0.3 is 24.1 Å². The Balaban J connectivity index is 1.74. The first-order chi connectivity index (χ1) is 14.9. The molecule has 7 heteroatoms. The molecule has 3 heterocycles. The molecule has 1 saturated heterocycles. The van der Waals surface area contributed by atoms with E-state index < -0.39 is 17.7 Å². The summed E-state index contributed by atoms with van der Waals surface area (Å²) in [6, 6.07) is 8.03. The SMILES string of the molecule is CCN(CC)CCN1C(=O)C(=O)C(=C(O)c2ccc3c(c2)CC(C)O3)C1c1ccco1. The minimum Gasteiger partial charge on any atom is -0.507 e. The largest absolute Gasteiger partial charge is 0.507 e. The number of fused-ring (bicyclic) bond motifs is 1. The highest BCUT2D eigenvalue weighted by Gasteiger charge is 2.47. The maximum atomic E-state index is 13.0. The van der Waals surface area contributed by atoms with E-state index in [2.05, 4.69) is 18.7 Å². The van der Waals surface area contributed by atoms with Crippen LogP contribution in [0.3, 0.4) is 0 Å². The molecule has 2 aliphatic rings. The van der Waals surface area contributed by atoms with Gasteiger partial charge in [0.1, 0.15) is 29.4 Å². The molecule has 1 fully saturated rings. The van der Waals surface area contributed by atoms with Crippen LogP contribution in [0.15, 0.2) is 46.6 Å². The summed E-state index contributed by atoms with van der Waals surface area (Å²) in [5.41, 5.74) is 1.53. The number of likely N-dealkylation sites (tertiary alicyclic amines) is 1. The van der Waals surface area contributed by atoms with Crippen LogP contribution in [0, 0.1) is 0 Å². The molecule has 7 nitrogen and oxygen atoms in total. The fourth-order valence-corrected chi connectivity index (χ4v) is 4.37. The zero-order valence-corrected chi connectivity index (χ0v) is 18.1. The molecule has 0 radical (unpaired) electrons. The number of hydrogen-bond donors (Lipinski definition) is 1. The average molecular weight is 424 g/mol. The molecule has 2 aliphatic heterocycles. The average Bonchev–Trinajstić information content (AvgIpc) is 3.47. The van der Waals surface area contributed by atoms with E-state index in [0.29, 0.717) is 24.4 Å². The number of amides is 1. The standard InChI is InChI=1S/C24H28N2O5/c1-4-25(5-2)10-11-26-21(19-7-6-12-30-19)20(23(28)24(26)29)22(27)16-8-9-18-17(14-16)13-15(3)31-18/h6-9,12,14-15,21,27H,4-5,10-11,13H2,1-3H3. The maximum Gasteiger partial charge on any atom is 0.295 e. The molecule has 1 aromatic carbocycles. The summed E-state index contributed by atoms with van der Waals surface area (Å²) in [6.45, 7) is 8.79. The smallest absolute Gasteiger partial charge is 0.295 e. The van der Waals surface area contributed by atoms with E-state index in [9.17, 15) is 14.7 Å². The second-order valence-electron chi connectivity index (χ2n) is 7.99. The second-order valence-corrected chi connectivity index (χ2v) is 7.99. The van der Waals surface area contributed by atoms with Crippen LogP contribution >= 0.6 is 0 Å². The number of rotatable bonds is 7. The molecule has 0 aliphatic carbocycles. The molecule has 2 atom stereocenters. The third-order valence-corrected chi connectivity index (χ3v) is 6.07. The Morgan fingerprint density at radius 1 is 1.23 bits per heavy atom. The van der Waals surface area contributed by atoms with Gasteiger partial charge in [-0.25, -0.2) is 0 Å². The van der Waals surface area contributed by atoms with Gasteiger partial charge >= 0.3 is 0 Å². The lowest BCUT2D eigenvalue weighted by atomic mass is 9.97. The number of carbonyl (C=O) groups is 2. The van der Waals surface area contributed by atoms with Crippen LogP contribution in [0.2, 0.25) is 0 Å². The third-order valence-electron chi connectivity index (χ3n) is 6.07. The minimum atomic E-state index is -0.756.